The van der Waals surface area contributed by atoms with Crippen LogP contribution in [-0.4, -0.2) is 54.1 Å². The predicted molar refractivity (Wildman–Crippen MR) is 146 cm³/mol. The molecule has 200 valence electrons. The Bertz CT molecular complexity index is 1120. The summed E-state index contributed by atoms with van der Waals surface area (Å²) in [6.45, 7) is 10.8. The number of allylic oxidation sites excluding steroid dienone is 1. The van der Waals surface area contributed by atoms with E-state index in [1.165, 1.54) is 11.1 Å². The zero-order valence-corrected chi connectivity index (χ0v) is 22.9. The van der Waals surface area contributed by atoms with Gasteiger partial charge in [-0.05, 0) is 80.6 Å². The van der Waals surface area contributed by atoms with Crippen LogP contribution in [0, 0.1) is 39.9 Å². The van der Waals surface area contributed by atoms with Crippen LogP contribution in [0.25, 0.3) is 0 Å². The van der Waals surface area contributed by atoms with E-state index in [4.69, 9.17) is 14.9 Å². The summed E-state index contributed by atoms with van der Waals surface area (Å²) in [4.78, 5) is 0. The summed E-state index contributed by atoms with van der Waals surface area (Å²) in [6.07, 6.45) is 6.13. The van der Waals surface area contributed by atoms with E-state index in [0.29, 0.717) is 51.1 Å². The first-order valence-corrected chi connectivity index (χ1v) is 13.9. The van der Waals surface area contributed by atoms with Crippen molar-refractivity contribution in [2.24, 2.45) is 22.7 Å². The van der Waals surface area contributed by atoms with Gasteiger partial charge in [0, 0.05) is 22.3 Å². The maximum absolute atomic E-state index is 12.1. The molecule has 0 spiro atoms. The van der Waals surface area contributed by atoms with Crippen LogP contribution < -0.4 is 0 Å². The van der Waals surface area contributed by atoms with E-state index >= 15 is 0 Å². The minimum Gasteiger partial charge on any atom is -0.390 e. The van der Waals surface area contributed by atoms with E-state index in [1.807, 2.05) is 19.1 Å². The Labute approximate surface area is 222 Å². The molecule has 2 unspecified atom stereocenters. The van der Waals surface area contributed by atoms with Crippen molar-refractivity contribution in [2.75, 3.05) is 26.4 Å². The molecule has 1 aromatic rings. The minimum atomic E-state index is -0.981. The highest BCUT2D eigenvalue weighted by molar-refractivity contribution is 5.76. The molecular weight excluding hydrogens is 462 g/mol. The second-order valence-electron chi connectivity index (χ2n) is 13.2. The number of hydrogen-bond donors (Lipinski definition) is 3. The molecule has 3 aliphatic carbocycles. The van der Waals surface area contributed by atoms with Crippen molar-refractivity contribution < 1.29 is 19.7 Å². The lowest BCUT2D eigenvalue weighted by molar-refractivity contribution is -0.0985. The highest BCUT2D eigenvalue weighted by Gasteiger charge is 2.62. The van der Waals surface area contributed by atoms with Crippen molar-refractivity contribution in [1.82, 2.24) is 0 Å². The van der Waals surface area contributed by atoms with Gasteiger partial charge in [0.15, 0.2) is 0 Å². The average Bonchev–Trinajstić information content (AvgIpc) is 3.09. The molecule has 5 rings (SSSR count). The van der Waals surface area contributed by atoms with Crippen LogP contribution in [0.1, 0.15) is 83.3 Å². The highest BCUT2D eigenvalue weighted by Crippen LogP contribution is 2.66. The van der Waals surface area contributed by atoms with Crippen LogP contribution in [0.4, 0.5) is 0 Å². The van der Waals surface area contributed by atoms with Crippen LogP contribution in [0.2, 0.25) is 0 Å². The largest absolute Gasteiger partial charge is 0.390 e. The third kappa shape index (κ3) is 4.72. The molecule has 1 aliphatic heterocycles. The number of rotatable bonds is 1. The quantitative estimate of drug-likeness (QED) is 0.277. The van der Waals surface area contributed by atoms with Gasteiger partial charge in [-0.2, -0.15) is 0 Å². The van der Waals surface area contributed by atoms with Gasteiger partial charge in [0.05, 0.1) is 38.2 Å². The van der Waals surface area contributed by atoms with Gasteiger partial charge in [-0.15, -0.1) is 0 Å². The van der Waals surface area contributed by atoms with E-state index < -0.39 is 11.2 Å². The van der Waals surface area contributed by atoms with E-state index in [1.54, 1.807) is 0 Å². The van der Waals surface area contributed by atoms with E-state index in [2.05, 4.69) is 44.7 Å². The fourth-order valence-corrected chi connectivity index (χ4v) is 7.88. The molecule has 37 heavy (non-hydrogen) atoms. The van der Waals surface area contributed by atoms with Gasteiger partial charge >= 0.3 is 0 Å². The minimum absolute atomic E-state index is 0.0782. The molecule has 5 nitrogen and oxygen atoms in total. The molecule has 5 heteroatoms. The Morgan fingerprint density at radius 2 is 1.70 bits per heavy atom. The normalized spacial score (nSPS) is 39.5. The van der Waals surface area contributed by atoms with Gasteiger partial charge in [0.25, 0.3) is 0 Å². The van der Waals surface area contributed by atoms with E-state index in [0.717, 1.165) is 43.0 Å². The molecule has 0 aromatic heterocycles. The fraction of sp³-hybridized carbons (Fsp3) is 0.656. The van der Waals surface area contributed by atoms with E-state index in [9.17, 15) is 10.2 Å². The summed E-state index contributed by atoms with van der Waals surface area (Å²) in [7, 11) is 0. The Kier molecular flexibility index (Phi) is 6.94. The average molecular weight is 506 g/mol. The number of hydrogen-bond acceptors (Lipinski definition) is 5. The molecule has 4 aliphatic rings. The molecule has 6 atom stereocenters. The number of benzene rings is 1. The van der Waals surface area contributed by atoms with Crippen molar-refractivity contribution in [3.63, 3.8) is 0 Å². The lowest BCUT2D eigenvalue weighted by Crippen LogP contribution is -2.53. The Hall–Kier alpha value is -1.97. The predicted octanol–water partition coefficient (Wildman–Crippen LogP) is 5.24. The van der Waals surface area contributed by atoms with Crippen LogP contribution in [-0.2, 0) is 9.47 Å². The zero-order chi connectivity index (χ0) is 26.5. The number of ether oxygens (including phenoxy) is 2. The summed E-state index contributed by atoms with van der Waals surface area (Å²) >= 11 is 0. The van der Waals surface area contributed by atoms with Crippen LogP contribution >= 0.6 is 0 Å². The third-order valence-electron chi connectivity index (χ3n) is 10.1. The molecule has 0 amide bonds. The second-order valence-corrected chi connectivity index (χ2v) is 13.2. The summed E-state index contributed by atoms with van der Waals surface area (Å²) in [6, 6.07) is 8.37. The number of nitrogens with one attached hydrogen (secondary N) is 1. The molecule has 0 radical (unpaired) electrons. The molecule has 2 saturated carbocycles. The molecule has 3 fully saturated rings. The molecule has 1 aromatic carbocycles. The summed E-state index contributed by atoms with van der Waals surface area (Å²) in [5.41, 5.74) is 2.64. The Morgan fingerprint density at radius 3 is 2.43 bits per heavy atom. The topological polar surface area (TPSA) is 82.8 Å². The zero-order valence-electron chi connectivity index (χ0n) is 22.9. The van der Waals surface area contributed by atoms with Gasteiger partial charge in [-0.3, -0.25) is 5.41 Å². The Balaban J connectivity index is 1.61. The summed E-state index contributed by atoms with van der Waals surface area (Å²) in [5, 5.41) is 30.9. The molecule has 0 bridgehead atoms. The first-order chi connectivity index (χ1) is 17.5. The molecular formula is C32H43NO4. The van der Waals surface area contributed by atoms with Gasteiger partial charge in [-0.25, -0.2) is 0 Å². The van der Waals surface area contributed by atoms with Crippen molar-refractivity contribution in [2.45, 2.75) is 83.3 Å². The lowest BCUT2D eigenvalue weighted by atomic mass is 9.51. The molecule has 3 N–H and O–H groups in total. The fourth-order valence-electron chi connectivity index (χ4n) is 7.88. The van der Waals surface area contributed by atoms with Crippen LogP contribution in [0.15, 0.2) is 35.4 Å². The van der Waals surface area contributed by atoms with E-state index in [-0.39, 0.29) is 16.7 Å². The first kappa shape index (κ1) is 26.6. The van der Waals surface area contributed by atoms with Crippen molar-refractivity contribution in [3.05, 3.63) is 46.5 Å². The van der Waals surface area contributed by atoms with Gasteiger partial charge < -0.3 is 19.7 Å². The van der Waals surface area contributed by atoms with Crippen LogP contribution in [0.3, 0.4) is 0 Å². The van der Waals surface area contributed by atoms with Gasteiger partial charge in [-0.1, -0.05) is 50.3 Å². The van der Waals surface area contributed by atoms with Gasteiger partial charge in [0.2, 0.25) is 0 Å². The lowest BCUT2D eigenvalue weighted by Gasteiger charge is -2.55. The first-order valence-electron chi connectivity index (χ1n) is 13.9. The van der Waals surface area contributed by atoms with Crippen molar-refractivity contribution in [3.8, 4) is 11.8 Å². The second kappa shape index (κ2) is 9.65. The summed E-state index contributed by atoms with van der Waals surface area (Å²) < 4.78 is 12.3. The number of aliphatic hydroxyl groups is 2. The highest BCUT2D eigenvalue weighted by atomic mass is 16.5. The summed E-state index contributed by atoms with van der Waals surface area (Å²) in [5.74, 6) is 6.58. The Morgan fingerprint density at radius 1 is 0.973 bits per heavy atom. The van der Waals surface area contributed by atoms with Gasteiger partial charge in [0.1, 0.15) is 5.60 Å². The molecule has 1 heterocycles. The monoisotopic (exact) mass is 505 g/mol. The van der Waals surface area contributed by atoms with Crippen LogP contribution in [0.5, 0.6) is 0 Å². The SMILES string of the molecule is CC1(C)COCCC2=C3C(CC[C@@]2(O)COC1)C1CC[C@](C)(O)[C@@]1(C)C[C@@H]3c1ccc(C#CC=N)cc1. The molecule has 1 saturated heterocycles. The van der Waals surface area contributed by atoms with Crippen molar-refractivity contribution in [1.29, 1.82) is 5.41 Å². The maximum Gasteiger partial charge on any atom is 0.109 e. The number of fused-ring (bicyclic) bond motifs is 4. The smallest absolute Gasteiger partial charge is 0.109 e. The standard InChI is InChI=1S/C32H43NO4/c1-29(2)19-36-17-13-27-28-24(11-15-32(27,35)21-37-20-29)26-12-14-31(4,34)30(26,3)18-25(28)23-9-7-22(8-10-23)6-5-16-33/h7-10,16,24-26,33-35H,11-15,17-21H2,1-4H3/t24?,25-,26?,30+,31+,32-/m1/s1. The third-order valence-corrected chi connectivity index (χ3v) is 10.1. The maximum atomic E-state index is 12.1. The van der Waals surface area contributed by atoms with Crippen molar-refractivity contribution >= 4 is 6.21 Å².